The first-order chi connectivity index (χ1) is 26.0. The van der Waals surface area contributed by atoms with Crippen LogP contribution in [0.25, 0.3) is 44.1 Å². The van der Waals surface area contributed by atoms with E-state index >= 15 is 0 Å². The molecule has 260 valence electrons. The predicted octanol–water partition coefficient (Wildman–Crippen LogP) is 6.82. The Balaban J connectivity index is 1.11. The normalized spacial score (nSPS) is 12.6. The molecule has 8 aliphatic heterocycles. The highest BCUT2D eigenvalue weighted by atomic mass is 16.5. The molecule has 0 unspecified atom stereocenters. The van der Waals surface area contributed by atoms with Crippen molar-refractivity contribution in [2.45, 2.75) is 39.6 Å². The molecule has 8 aliphatic rings. The third-order valence-electron chi connectivity index (χ3n) is 10.7. The zero-order valence-corrected chi connectivity index (χ0v) is 30.4. The molecule has 0 aliphatic carbocycles. The Labute approximate surface area is 309 Å². The molecule has 5 aromatic heterocycles. The molecule has 0 atom stereocenters. The lowest BCUT2D eigenvalue weighted by Crippen LogP contribution is -2.34. The Morgan fingerprint density at radius 1 is 0.453 bits per heavy atom. The summed E-state index contributed by atoms with van der Waals surface area (Å²) >= 11 is 0. The summed E-state index contributed by atoms with van der Waals surface area (Å²) in [6.45, 7) is 6.09. The Hall–Kier alpha value is -6.34. The fourth-order valence-corrected chi connectivity index (χ4v) is 7.84. The SMILES string of the molecule is CCn1c2ccc3cc2c2cc(ccc21)C[n+]1ccc(cc1)-c1cc[n+](cc1)Cc1cc(OC)c(cc1OC)C[n+]1ccc(cc1)-c1cc[n+](cc1)C3. The summed E-state index contributed by atoms with van der Waals surface area (Å²) in [7, 11) is 3.47. The average Bonchev–Trinajstić information content (AvgIpc) is 3.51. The van der Waals surface area contributed by atoms with E-state index in [4.69, 9.17) is 9.47 Å². The molecule has 0 saturated heterocycles. The highest BCUT2D eigenvalue weighted by Gasteiger charge is 2.19. The summed E-state index contributed by atoms with van der Waals surface area (Å²) in [4.78, 5) is 0. The van der Waals surface area contributed by atoms with Gasteiger partial charge in [0.05, 0.1) is 25.3 Å². The van der Waals surface area contributed by atoms with Crippen molar-refractivity contribution in [3.63, 3.8) is 0 Å². The minimum absolute atomic E-state index is 0.663. The zero-order chi connectivity index (χ0) is 35.9. The van der Waals surface area contributed by atoms with Crippen molar-refractivity contribution in [1.82, 2.24) is 4.57 Å². The smallest absolute Gasteiger partial charge is 0.177 e. The minimum atomic E-state index is 0.663. The number of fused-ring (bicyclic) bond motifs is 1. The van der Waals surface area contributed by atoms with Crippen molar-refractivity contribution in [1.29, 1.82) is 0 Å². The van der Waals surface area contributed by atoms with E-state index in [9.17, 15) is 0 Å². The Bertz CT molecular complexity index is 2410. The molecule has 14 bridgehead atoms. The van der Waals surface area contributed by atoms with Crippen LogP contribution < -0.4 is 27.7 Å². The number of aryl methyl sites for hydroxylation is 1. The largest absolute Gasteiger partial charge is 0.496 e. The first-order valence-electron chi connectivity index (χ1n) is 18.3. The number of pyridine rings is 4. The molecule has 0 spiro atoms. The first kappa shape index (κ1) is 32.6. The van der Waals surface area contributed by atoms with Gasteiger partial charge < -0.3 is 14.0 Å². The molecule has 0 saturated carbocycles. The van der Waals surface area contributed by atoms with Crippen molar-refractivity contribution in [2.24, 2.45) is 0 Å². The van der Waals surface area contributed by atoms with Gasteiger partial charge in [0.1, 0.15) is 11.5 Å². The topological polar surface area (TPSA) is 38.9 Å². The fraction of sp³-hybridized carbons (Fsp3) is 0.174. The summed E-state index contributed by atoms with van der Waals surface area (Å²) in [5, 5.41) is 2.62. The van der Waals surface area contributed by atoms with Crippen LogP contribution >= 0.6 is 0 Å². The predicted molar refractivity (Wildman–Crippen MR) is 206 cm³/mol. The van der Waals surface area contributed by atoms with E-state index in [1.54, 1.807) is 14.2 Å². The van der Waals surface area contributed by atoms with E-state index in [0.29, 0.717) is 13.1 Å². The van der Waals surface area contributed by atoms with Crippen LogP contribution in [0.5, 0.6) is 11.5 Å². The molecule has 3 aromatic carbocycles. The molecule has 16 rings (SSSR count). The van der Waals surface area contributed by atoms with Gasteiger partial charge in [0, 0.05) is 88.0 Å². The Morgan fingerprint density at radius 2 is 0.792 bits per heavy atom. The lowest BCUT2D eigenvalue weighted by atomic mass is 10.1. The first-order valence-corrected chi connectivity index (χ1v) is 18.3. The molecule has 0 radical (unpaired) electrons. The van der Waals surface area contributed by atoms with Gasteiger partial charge in [-0.3, -0.25) is 0 Å². The second kappa shape index (κ2) is 13.7. The van der Waals surface area contributed by atoms with E-state index in [1.165, 1.54) is 55.2 Å². The Kier molecular flexibility index (Phi) is 8.39. The molecule has 0 fully saturated rings. The van der Waals surface area contributed by atoms with Crippen LogP contribution in [0.2, 0.25) is 0 Å². The number of benzene rings is 3. The summed E-state index contributed by atoms with van der Waals surface area (Å²) < 4.78 is 23.1. The van der Waals surface area contributed by atoms with Crippen molar-refractivity contribution in [2.75, 3.05) is 14.2 Å². The monoisotopic (exact) mass is 697 g/mol. The maximum Gasteiger partial charge on any atom is 0.177 e. The van der Waals surface area contributed by atoms with E-state index in [-0.39, 0.29) is 0 Å². The summed E-state index contributed by atoms with van der Waals surface area (Å²) in [6, 6.07) is 35.6. The van der Waals surface area contributed by atoms with E-state index in [0.717, 1.165) is 42.3 Å². The number of aromatic nitrogens is 5. The molecular weight excluding hydrogens is 655 g/mol. The third-order valence-corrected chi connectivity index (χ3v) is 10.7. The van der Waals surface area contributed by atoms with Crippen LogP contribution in [-0.2, 0) is 32.7 Å². The van der Waals surface area contributed by atoms with Crippen molar-refractivity contribution < 1.29 is 27.7 Å². The third kappa shape index (κ3) is 6.29. The molecule has 0 amide bonds. The van der Waals surface area contributed by atoms with Crippen molar-refractivity contribution in [3.8, 4) is 33.8 Å². The van der Waals surface area contributed by atoms with Crippen LogP contribution in [0, 0.1) is 0 Å². The molecule has 13 heterocycles. The second-order valence-corrected chi connectivity index (χ2v) is 14.0. The van der Waals surface area contributed by atoms with Crippen LogP contribution in [0.4, 0.5) is 0 Å². The van der Waals surface area contributed by atoms with Gasteiger partial charge >= 0.3 is 0 Å². The summed E-state index contributed by atoms with van der Waals surface area (Å²) in [5.74, 6) is 1.69. The summed E-state index contributed by atoms with van der Waals surface area (Å²) in [6.07, 6.45) is 17.3. The van der Waals surface area contributed by atoms with Gasteiger partial charge in [0.2, 0.25) is 0 Å². The molecule has 7 heteroatoms. The molecule has 53 heavy (non-hydrogen) atoms. The molecule has 8 aromatic rings. The molecular formula is C46H43N5O2+4. The fourth-order valence-electron chi connectivity index (χ4n) is 7.84. The van der Waals surface area contributed by atoms with Crippen molar-refractivity contribution in [3.05, 3.63) is 169 Å². The van der Waals surface area contributed by atoms with E-state index in [2.05, 4.69) is 176 Å². The second-order valence-electron chi connectivity index (χ2n) is 14.0. The standard InChI is InChI=1S/C46H43N5O2/c1-4-51-43-7-5-33-25-41(43)42-26-34(6-8-44(42)51)30-48-19-11-36(12-20-48)38-15-23-50(24-16-38)32-40-27-45(52-2)39(28-46(40)53-3)31-49-21-13-37(14-22-49)35-9-17-47(29-33)18-10-35/h5-28H,4,29-32H2,1-3H3/q+4. The van der Waals surface area contributed by atoms with Crippen LogP contribution in [0.15, 0.2) is 147 Å². The zero-order valence-electron chi connectivity index (χ0n) is 30.4. The van der Waals surface area contributed by atoms with Gasteiger partial charge in [-0.1, -0.05) is 12.1 Å². The lowest BCUT2D eigenvalue weighted by molar-refractivity contribution is -0.689. The van der Waals surface area contributed by atoms with Gasteiger partial charge in [-0.25, -0.2) is 18.3 Å². The molecule has 7 nitrogen and oxygen atoms in total. The Morgan fingerprint density at radius 3 is 1.11 bits per heavy atom. The van der Waals surface area contributed by atoms with E-state index in [1.807, 2.05) is 0 Å². The quantitative estimate of drug-likeness (QED) is 0.190. The van der Waals surface area contributed by atoms with Gasteiger partial charge in [-0.15, -0.1) is 0 Å². The number of hydrogen-bond acceptors (Lipinski definition) is 2. The average molecular weight is 698 g/mol. The number of ether oxygens (including phenoxy) is 2. The molecule has 0 N–H and O–H groups in total. The van der Waals surface area contributed by atoms with Gasteiger partial charge in [0.15, 0.2) is 75.8 Å². The highest BCUT2D eigenvalue weighted by molar-refractivity contribution is 6.08. The lowest BCUT2D eigenvalue weighted by Gasteiger charge is -2.12. The maximum atomic E-state index is 5.90. The number of methoxy groups -OCH3 is 2. The number of rotatable bonds is 3. The van der Waals surface area contributed by atoms with Crippen molar-refractivity contribution >= 4 is 21.8 Å². The van der Waals surface area contributed by atoms with Crippen LogP contribution in [0.1, 0.15) is 29.2 Å². The van der Waals surface area contributed by atoms with Gasteiger partial charge in [-0.2, -0.15) is 0 Å². The minimum Gasteiger partial charge on any atom is -0.496 e. The number of nitrogens with zero attached hydrogens (tertiary/aromatic N) is 5. The van der Waals surface area contributed by atoms with Crippen LogP contribution in [0.3, 0.4) is 0 Å². The van der Waals surface area contributed by atoms with Gasteiger partial charge in [-0.05, 0) is 65.6 Å². The van der Waals surface area contributed by atoms with E-state index < -0.39 is 0 Å². The number of hydrogen-bond donors (Lipinski definition) is 0. The van der Waals surface area contributed by atoms with Gasteiger partial charge in [0.25, 0.3) is 0 Å². The maximum absolute atomic E-state index is 5.90. The highest BCUT2D eigenvalue weighted by Crippen LogP contribution is 2.32. The summed E-state index contributed by atoms with van der Waals surface area (Å²) in [5.41, 5.74) is 12.0. The van der Waals surface area contributed by atoms with Crippen LogP contribution in [-0.4, -0.2) is 18.8 Å².